The van der Waals surface area contributed by atoms with Gasteiger partial charge in [0.15, 0.2) is 11.6 Å². The number of anilines is 1. The summed E-state index contributed by atoms with van der Waals surface area (Å²) >= 11 is 5.86. The Morgan fingerprint density at radius 1 is 1.26 bits per heavy atom. The maximum Gasteiger partial charge on any atom is 0.296 e. The molecule has 0 aliphatic rings. The molecule has 0 spiro atoms. The first-order valence-corrected chi connectivity index (χ1v) is 7.07. The average molecular weight is 330 g/mol. The van der Waals surface area contributed by atoms with Gasteiger partial charge >= 0.3 is 0 Å². The molecule has 8 heteroatoms. The van der Waals surface area contributed by atoms with E-state index in [1.54, 1.807) is 37.3 Å². The molecule has 7 nitrogen and oxygen atoms in total. The van der Waals surface area contributed by atoms with Crippen molar-refractivity contribution in [2.75, 3.05) is 5.32 Å². The number of amides is 1. The van der Waals surface area contributed by atoms with Crippen molar-refractivity contribution in [2.24, 2.45) is 0 Å². The second-order valence-electron chi connectivity index (χ2n) is 4.70. The van der Waals surface area contributed by atoms with Gasteiger partial charge in [-0.2, -0.15) is 0 Å². The molecule has 116 valence electrons. The molecule has 0 radical (unpaired) electrons. The van der Waals surface area contributed by atoms with Crippen molar-refractivity contribution in [3.05, 3.63) is 59.3 Å². The fourth-order valence-electron chi connectivity index (χ4n) is 1.97. The lowest BCUT2D eigenvalue weighted by Gasteiger charge is -2.03. The molecule has 1 aromatic carbocycles. The van der Waals surface area contributed by atoms with Gasteiger partial charge in [0.25, 0.3) is 5.91 Å². The molecule has 23 heavy (non-hydrogen) atoms. The molecule has 3 rings (SSSR count). The highest BCUT2D eigenvalue weighted by molar-refractivity contribution is 6.30. The molecule has 2 N–H and O–H groups in total. The van der Waals surface area contributed by atoms with Gasteiger partial charge in [-0.3, -0.25) is 4.79 Å². The second-order valence-corrected chi connectivity index (χ2v) is 5.13. The molecule has 0 unspecified atom stereocenters. The average Bonchev–Trinajstić information content (AvgIpc) is 2.92. The summed E-state index contributed by atoms with van der Waals surface area (Å²) in [6, 6.07) is 9.98. The van der Waals surface area contributed by atoms with Gasteiger partial charge in [0.05, 0.1) is 5.69 Å². The van der Waals surface area contributed by atoms with Gasteiger partial charge in [-0.05, 0) is 43.3 Å². The van der Waals surface area contributed by atoms with Crippen LogP contribution in [-0.4, -0.2) is 30.8 Å². The number of halogens is 1. The number of nitrogens with zero attached hydrogens (tertiary/aromatic N) is 4. The lowest BCUT2D eigenvalue weighted by molar-refractivity contribution is 0.101. The van der Waals surface area contributed by atoms with Gasteiger partial charge in [0.1, 0.15) is 5.82 Å². The minimum atomic E-state index is -0.560. The van der Waals surface area contributed by atoms with Crippen LogP contribution in [-0.2, 0) is 0 Å². The number of rotatable bonds is 3. The van der Waals surface area contributed by atoms with E-state index >= 15 is 0 Å². The molecule has 0 atom stereocenters. The topological polar surface area (TPSA) is 92.9 Å². The molecule has 3 aromatic rings. The number of hydrogen-bond donors (Lipinski definition) is 2. The summed E-state index contributed by atoms with van der Waals surface area (Å²) in [6.07, 6.45) is 1.46. The molecule has 0 saturated carbocycles. The molecular weight excluding hydrogens is 318 g/mol. The normalized spacial score (nSPS) is 10.5. The van der Waals surface area contributed by atoms with Crippen molar-refractivity contribution in [2.45, 2.75) is 6.92 Å². The predicted molar refractivity (Wildman–Crippen MR) is 85.0 cm³/mol. The number of pyridine rings is 1. The van der Waals surface area contributed by atoms with Gasteiger partial charge in [-0.25, -0.2) is 14.6 Å². The Morgan fingerprint density at radius 2 is 2.00 bits per heavy atom. The largest absolute Gasteiger partial charge is 0.504 e. The molecular formula is C15H12ClN5O2. The van der Waals surface area contributed by atoms with Crippen molar-refractivity contribution >= 4 is 23.3 Å². The number of nitrogens with one attached hydrogen (secondary N) is 1. The number of hydrogen-bond acceptors (Lipinski definition) is 5. The fourth-order valence-corrected chi connectivity index (χ4v) is 2.10. The molecule has 2 aromatic heterocycles. The first kappa shape index (κ1) is 15.0. The smallest absolute Gasteiger partial charge is 0.296 e. The standard InChI is InChI=1S/C15H12ClN5O2/c1-9-18-14(15(23)19-13-12(22)3-2-8-17-13)20-21(9)11-6-4-10(16)5-7-11/h2-8,22H,1H3,(H,17,19,23). The summed E-state index contributed by atoms with van der Waals surface area (Å²) in [7, 11) is 0. The first-order valence-electron chi connectivity index (χ1n) is 6.69. The molecule has 0 aliphatic heterocycles. The molecule has 0 saturated heterocycles. The van der Waals surface area contributed by atoms with Crippen LogP contribution in [0.5, 0.6) is 5.75 Å². The first-order chi connectivity index (χ1) is 11.0. The third kappa shape index (κ3) is 3.14. The Kier molecular flexibility index (Phi) is 3.94. The van der Waals surface area contributed by atoms with E-state index in [4.69, 9.17) is 11.6 Å². The monoisotopic (exact) mass is 329 g/mol. The van der Waals surface area contributed by atoms with Crippen molar-refractivity contribution in [1.82, 2.24) is 19.7 Å². The molecule has 0 bridgehead atoms. The van der Waals surface area contributed by atoms with Crippen LogP contribution >= 0.6 is 11.6 Å². The van der Waals surface area contributed by atoms with Crippen molar-refractivity contribution < 1.29 is 9.90 Å². The Hall–Kier alpha value is -2.93. The third-order valence-corrected chi connectivity index (χ3v) is 3.31. The highest BCUT2D eigenvalue weighted by atomic mass is 35.5. The van der Waals surface area contributed by atoms with Crippen LogP contribution < -0.4 is 5.32 Å². The summed E-state index contributed by atoms with van der Waals surface area (Å²) in [5.41, 5.74) is 0.735. The Balaban J connectivity index is 1.87. The predicted octanol–water partition coefficient (Wildman–Crippen LogP) is 2.58. The van der Waals surface area contributed by atoms with Gasteiger partial charge < -0.3 is 10.4 Å². The Morgan fingerprint density at radius 3 is 2.70 bits per heavy atom. The highest BCUT2D eigenvalue weighted by Crippen LogP contribution is 2.19. The van der Waals surface area contributed by atoms with E-state index in [9.17, 15) is 9.90 Å². The summed E-state index contributed by atoms with van der Waals surface area (Å²) in [5, 5.41) is 16.9. The summed E-state index contributed by atoms with van der Waals surface area (Å²) < 4.78 is 1.53. The van der Waals surface area contributed by atoms with Gasteiger partial charge in [0.2, 0.25) is 5.82 Å². The van der Waals surface area contributed by atoms with Gasteiger partial charge in [-0.15, -0.1) is 5.10 Å². The zero-order valence-corrected chi connectivity index (χ0v) is 12.8. The second kappa shape index (κ2) is 6.05. The van der Waals surface area contributed by atoms with Crippen molar-refractivity contribution in [1.29, 1.82) is 0 Å². The molecule has 2 heterocycles. The molecule has 0 aliphatic carbocycles. The van der Waals surface area contributed by atoms with E-state index in [2.05, 4.69) is 20.4 Å². The van der Waals surface area contributed by atoms with Gasteiger partial charge in [-0.1, -0.05) is 11.6 Å². The SMILES string of the molecule is Cc1nc(C(=O)Nc2ncccc2O)nn1-c1ccc(Cl)cc1. The summed E-state index contributed by atoms with van der Waals surface area (Å²) in [4.78, 5) is 20.2. The van der Waals surface area contributed by atoms with Crippen molar-refractivity contribution in [3.8, 4) is 11.4 Å². The van der Waals surface area contributed by atoms with Crippen LogP contribution in [0, 0.1) is 6.92 Å². The summed E-state index contributed by atoms with van der Waals surface area (Å²) in [5.74, 6) is -0.118. The van der Waals surface area contributed by atoms with Crippen LogP contribution in [0.3, 0.4) is 0 Å². The molecule has 0 fully saturated rings. The number of aromatic hydroxyl groups is 1. The van der Waals surface area contributed by atoms with E-state index in [1.807, 2.05) is 0 Å². The third-order valence-electron chi connectivity index (χ3n) is 3.06. The van der Waals surface area contributed by atoms with E-state index in [1.165, 1.54) is 16.9 Å². The number of carbonyl (C=O) groups is 1. The van der Waals surface area contributed by atoms with Crippen LogP contribution in [0.15, 0.2) is 42.6 Å². The molecule has 1 amide bonds. The lowest BCUT2D eigenvalue weighted by Crippen LogP contribution is -2.15. The summed E-state index contributed by atoms with van der Waals surface area (Å²) in [6.45, 7) is 1.73. The number of carbonyl (C=O) groups excluding carboxylic acids is 1. The number of aryl methyl sites for hydroxylation is 1. The zero-order valence-electron chi connectivity index (χ0n) is 12.1. The van der Waals surface area contributed by atoms with Crippen LogP contribution in [0.25, 0.3) is 5.69 Å². The fraction of sp³-hybridized carbons (Fsp3) is 0.0667. The van der Waals surface area contributed by atoms with Crippen molar-refractivity contribution in [3.63, 3.8) is 0 Å². The zero-order chi connectivity index (χ0) is 16.4. The Bertz CT molecular complexity index is 861. The minimum Gasteiger partial charge on any atom is -0.504 e. The maximum absolute atomic E-state index is 12.2. The number of benzene rings is 1. The number of aromatic nitrogens is 4. The highest BCUT2D eigenvalue weighted by Gasteiger charge is 2.17. The van der Waals surface area contributed by atoms with E-state index < -0.39 is 5.91 Å². The minimum absolute atomic E-state index is 0.0255. The Labute approximate surface area is 136 Å². The van der Waals surface area contributed by atoms with E-state index in [-0.39, 0.29) is 17.4 Å². The van der Waals surface area contributed by atoms with Crippen LogP contribution in [0.4, 0.5) is 5.82 Å². The lowest BCUT2D eigenvalue weighted by atomic mass is 10.3. The van der Waals surface area contributed by atoms with Crippen LogP contribution in [0.1, 0.15) is 16.4 Å². The van der Waals surface area contributed by atoms with E-state index in [0.29, 0.717) is 10.8 Å². The van der Waals surface area contributed by atoms with Gasteiger partial charge in [0, 0.05) is 11.2 Å². The van der Waals surface area contributed by atoms with Crippen LogP contribution in [0.2, 0.25) is 5.02 Å². The maximum atomic E-state index is 12.2. The van der Waals surface area contributed by atoms with E-state index in [0.717, 1.165) is 5.69 Å². The quantitative estimate of drug-likeness (QED) is 0.770.